The molecule has 3 fully saturated rings. The summed E-state index contributed by atoms with van der Waals surface area (Å²) in [4.78, 5) is 36.8. The number of rotatable bonds is 5. The van der Waals surface area contributed by atoms with E-state index in [1.165, 1.54) is 6.08 Å². The number of aromatic carboxylic acids is 1. The molecular weight excluding hydrogens is 414 g/mol. The van der Waals surface area contributed by atoms with Crippen LogP contribution in [-0.2, 0) is 9.59 Å². The molecule has 3 unspecified atom stereocenters. The van der Waals surface area contributed by atoms with Crippen molar-refractivity contribution in [3.63, 3.8) is 0 Å². The first-order valence-electron chi connectivity index (χ1n) is 10.7. The van der Waals surface area contributed by atoms with Gasteiger partial charge in [0.15, 0.2) is 11.5 Å². The van der Waals surface area contributed by atoms with Crippen LogP contribution >= 0.6 is 0 Å². The van der Waals surface area contributed by atoms with E-state index < -0.39 is 45.9 Å². The molecule has 170 valence electrons. The summed E-state index contributed by atoms with van der Waals surface area (Å²) < 4.78 is 0. The number of amides is 1. The number of benzene rings is 1. The SMILES string of the molecule is C=C1CC23C=CC(=O)[C@@](C)(CCC(=O)Nc4c(O)ccc(C(=O)O)c4O)C2CC1C[C@H]3O. The normalized spacial score (nSPS) is 33.1. The summed E-state index contributed by atoms with van der Waals surface area (Å²) in [5.74, 6) is -3.24. The number of phenols is 2. The molecule has 0 aromatic heterocycles. The zero-order valence-electron chi connectivity index (χ0n) is 17.8. The van der Waals surface area contributed by atoms with Gasteiger partial charge in [-0.3, -0.25) is 9.59 Å². The number of aromatic hydroxyl groups is 2. The highest BCUT2D eigenvalue weighted by atomic mass is 16.4. The van der Waals surface area contributed by atoms with Crippen molar-refractivity contribution in [2.24, 2.45) is 22.7 Å². The van der Waals surface area contributed by atoms with E-state index >= 15 is 0 Å². The average molecular weight is 441 g/mol. The minimum absolute atomic E-state index is 0.0828. The molecule has 8 heteroatoms. The second-order valence-corrected chi connectivity index (χ2v) is 9.51. The smallest absolute Gasteiger partial charge is 0.339 e. The van der Waals surface area contributed by atoms with Gasteiger partial charge in [-0.2, -0.15) is 0 Å². The van der Waals surface area contributed by atoms with E-state index in [0.29, 0.717) is 12.8 Å². The predicted octanol–water partition coefficient (Wildman–Crippen LogP) is 2.99. The van der Waals surface area contributed by atoms with E-state index in [-0.39, 0.29) is 36.1 Å². The van der Waals surface area contributed by atoms with Crippen molar-refractivity contribution < 1.29 is 34.8 Å². The number of allylic oxidation sites excluding steroid dienone is 2. The maximum absolute atomic E-state index is 13.0. The van der Waals surface area contributed by atoms with Crippen LogP contribution in [0.1, 0.15) is 49.4 Å². The van der Waals surface area contributed by atoms with Crippen molar-refractivity contribution in [1.29, 1.82) is 0 Å². The van der Waals surface area contributed by atoms with Gasteiger partial charge in [0.2, 0.25) is 5.91 Å². The molecule has 0 saturated heterocycles. The monoisotopic (exact) mass is 441 g/mol. The van der Waals surface area contributed by atoms with Gasteiger partial charge in [-0.15, -0.1) is 0 Å². The molecule has 5 atom stereocenters. The molecule has 3 saturated carbocycles. The first kappa shape index (κ1) is 22.1. The summed E-state index contributed by atoms with van der Waals surface area (Å²) in [6.45, 7) is 5.99. The third-order valence-electron chi connectivity index (χ3n) is 7.81. The van der Waals surface area contributed by atoms with Crippen LogP contribution < -0.4 is 5.32 Å². The largest absolute Gasteiger partial charge is 0.506 e. The highest BCUT2D eigenvalue weighted by Gasteiger charge is 2.61. The van der Waals surface area contributed by atoms with Crippen molar-refractivity contribution in [1.82, 2.24) is 0 Å². The Bertz CT molecular complexity index is 1060. The first-order valence-corrected chi connectivity index (χ1v) is 10.7. The summed E-state index contributed by atoms with van der Waals surface area (Å²) in [6.07, 6.45) is 4.89. The lowest BCUT2D eigenvalue weighted by Gasteiger charge is -2.61. The van der Waals surface area contributed by atoms with E-state index in [1.807, 2.05) is 13.0 Å². The number of carboxylic acid groups (broad SMARTS) is 1. The number of carbonyl (C=O) groups is 3. The molecule has 5 rings (SSSR count). The fourth-order valence-electron chi connectivity index (χ4n) is 5.91. The van der Waals surface area contributed by atoms with Crippen LogP contribution in [0.2, 0.25) is 0 Å². The number of anilines is 1. The average Bonchev–Trinajstić information content (AvgIpc) is 2.73. The van der Waals surface area contributed by atoms with E-state index in [9.17, 15) is 29.7 Å². The fourth-order valence-corrected chi connectivity index (χ4v) is 5.91. The molecule has 32 heavy (non-hydrogen) atoms. The van der Waals surface area contributed by atoms with Crippen molar-refractivity contribution >= 4 is 23.3 Å². The topological polar surface area (TPSA) is 144 Å². The Morgan fingerprint density at radius 1 is 1.25 bits per heavy atom. The van der Waals surface area contributed by atoms with Crippen LogP contribution in [0.15, 0.2) is 36.4 Å². The minimum atomic E-state index is -1.40. The van der Waals surface area contributed by atoms with Crippen molar-refractivity contribution in [3.05, 3.63) is 42.0 Å². The number of aliphatic hydroxyl groups is 1. The molecule has 1 aromatic carbocycles. The molecule has 5 N–H and O–H groups in total. The molecule has 2 bridgehead atoms. The summed E-state index contributed by atoms with van der Waals surface area (Å²) >= 11 is 0. The highest BCUT2D eigenvalue weighted by Crippen LogP contribution is 2.64. The van der Waals surface area contributed by atoms with Crippen molar-refractivity contribution in [3.8, 4) is 11.5 Å². The number of fused-ring (bicyclic) bond motifs is 2. The van der Waals surface area contributed by atoms with E-state index in [2.05, 4.69) is 11.9 Å². The maximum atomic E-state index is 13.0. The van der Waals surface area contributed by atoms with Crippen molar-refractivity contribution in [2.45, 2.75) is 45.1 Å². The van der Waals surface area contributed by atoms with Gasteiger partial charge >= 0.3 is 5.97 Å². The second kappa shape index (κ2) is 7.48. The van der Waals surface area contributed by atoms with Gasteiger partial charge in [-0.05, 0) is 55.7 Å². The minimum Gasteiger partial charge on any atom is -0.506 e. The zero-order chi connectivity index (χ0) is 23.4. The zero-order valence-corrected chi connectivity index (χ0v) is 17.8. The lowest BCUT2D eigenvalue weighted by Crippen LogP contribution is -2.59. The molecule has 1 aromatic rings. The van der Waals surface area contributed by atoms with Crippen LogP contribution in [0, 0.1) is 22.7 Å². The third-order valence-corrected chi connectivity index (χ3v) is 7.81. The van der Waals surface area contributed by atoms with Crippen LogP contribution in [0.3, 0.4) is 0 Å². The number of ketones is 1. The number of carbonyl (C=O) groups excluding carboxylic acids is 2. The van der Waals surface area contributed by atoms with E-state index in [0.717, 1.165) is 24.1 Å². The van der Waals surface area contributed by atoms with Gasteiger partial charge in [-0.25, -0.2) is 4.79 Å². The summed E-state index contributed by atoms with van der Waals surface area (Å²) in [5.41, 5.74) is -1.16. The first-order chi connectivity index (χ1) is 15.0. The summed E-state index contributed by atoms with van der Waals surface area (Å²) in [6, 6.07) is 2.11. The molecule has 4 aliphatic rings. The Morgan fingerprint density at radius 3 is 2.66 bits per heavy atom. The Hall–Kier alpha value is -3.13. The Kier molecular flexibility index (Phi) is 5.16. The molecule has 0 aliphatic heterocycles. The second-order valence-electron chi connectivity index (χ2n) is 9.51. The molecule has 8 nitrogen and oxygen atoms in total. The number of nitrogens with one attached hydrogen (secondary N) is 1. The lowest BCUT2D eigenvalue weighted by molar-refractivity contribution is -0.148. The van der Waals surface area contributed by atoms with E-state index in [4.69, 9.17) is 5.11 Å². The van der Waals surface area contributed by atoms with Crippen LogP contribution in [-0.4, -0.2) is 44.2 Å². The van der Waals surface area contributed by atoms with Crippen LogP contribution in [0.4, 0.5) is 5.69 Å². The molecule has 0 radical (unpaired) electrons. The lowest BCUT2D eigenvalue weighted by atomic mass is 9.43. The molecule has 0 heterocycles. The van der Waals surface area contributed by atoms with Gasteiger partial charge < -0.3 is 25.7 Å². The molecular formula is C24H27NO7. The molecule has 1 spiro atoms. The van der Waals surface area contributed by atoms with Gasteiger partial charge in [0.05, 0.1) is 6.10 Å². The van der Waals surface area contributed by atoms with Gasteiger partial charge in [0, 0.05) is 17.3 Å². The number of phenolic OH excluding ortho intramolecular Hbond substituents is 1. The van der Waals surface area contributed by atoms with Crippen LogP contribution in [0.25, 0.3) is 0 Å². The highest BCUT2D eigenvalue weighted by molar-refractivity contribution is 6.00. The standard InChI is InChI=1S/C24H27NO7/c1-12-11-24-8-5-17(27)23(2,16(24)9-13(12)10-18(24)28)7-6-19(29)25-20-15(26)4-3-14(21(20)30)22(31)32/h3-5,8,13,16,18,26,28,30H,1,6-7,9-11H2,2H3,(H,25,29)(H,31,32)/t13?,16?,18-,23+,24?/m1/s1. The Labute approximate surface area is 185 Å². The van der Waals surface area contributed by atoms with Gasteiger partial charge in [0.25, 0.3) is 0 Å². The Balaban J connectivity index is 1.54. The summed E-state index contributed by atoms with van der Waals surface area (Å²) in [5, 5.41) is 42.4. The number of aliphatic hydroxyl groups excluding tert-OH is 1. The number of carboxylic acids is 1. The predicted molar refractivity (Wildman–Crippen MR) is 115 cm³/mol. The number of hydrogen-bond donors (Lipinski definition) is 5. The quantitative estimate of drug-likeness (QED) is 0.349. The third kappa shape index (κ3) is 3.21. The molecule has 1 amide bonds. The Morgan fingerprint density at radius 2 is 1.97 bits per heavy atom. The summed E-state index contributed by atoms with van der Waals surface area (Å²) in [7, 11) is 0. The van der Waals surface area contributed by atoms with Gasteiger partial charge in [-0.1, -0.05) is 25.2 Å². The number of hydrogen-bond acceptors (Lipinski definition) is 6. The van der Waals surface area contributed by atoms with E-state index in [1.54, 1.807) is 0 Å². The van der Waals surface area contributed by atoms with Crippen molar-refractivity contribution in [2.75, 3.05) is 5.32 Å². The molecule has 4 aliphatic carbocycles. The fraction of sp³-hybridized carbons (Fsp3) is 0.458. The van der Waals surface area contributed by atoms with Gasteiger partial charge in [0.1, 0.15) is 17.0 Å². The van der Waals surface area contributed by atoms with Crippen LogP contribution in [0.5, 0.6) is 11.5 Å². The maximum Gasteiger partial charge on any atom is 0.339 e.